The van der Waals surface area contributed by atoms with E-state index < -0.39 is 0 Å². The van der Waals surface area contributed by atoms with Crippen LogP contribution in [0.5, 0.6) is 0 Å². The zero-order valence-electron chi connectivity index (χ0n) is 6.86. The summed E-state index contributed by atoms with van der Waals surface area (Å²) in [5, 5.41) is 2.59. The number of rotatable bonds is 1. The normalized spacial score (nSPS) is 14.5. The third-order valence-electron chi connectivity index (χ3n) is 1.24. The van der Waals surface area contributed by atoms with E-state index in [0.29, 0.717) is 0 Å². The topological polar surface area (TPSA) is 29.1 Å². The van der Waals surface area contributed by atoms with Crippen molar-refractivity contribution in [2.24, 2.45) is 5.41 Å². The Kier molecular flexibility index (Phi) is 3.36. The molecule has 0 fully saturated rings. The molecule has 0 aromatic heterocycles. The number of amides is 1. The van der Waals surface area contributed by atoms with E-state index in [1.165, 1.54) is 0 Å². The molecule has 0 saturated carbocycles. The first-order valence-corrected chi connectivity index (χ1v) is 4.17. The zero-order chi connectivity index (χ0) is 8.36. The van der Waals surface area contributed by atoms with Crippen LogP contribution in [0, 0.1) is 5.41 Å². The Morgan fingerprint density at radius 3 is 2.00 bits per heavy atom. The molecule has 0 aliphatic carbocycles. The first-order valence-electron chi connectivity index (χ1n) is 3.25. The number of alkyl halides is 1. The van der Waals surface area contributed by atoms with E-state index in [2.05, 4.69) is 21.2 Å². The van der Waals surface area contributed by atoms with E-state index in [0.717, 1.165) is 0 Å². The van der Waals surface area contributed by atoms with Crippen LogP contribution in [-0.4, -0.2) is 17.8 Å². The van der Waals surface area contributed by atoms with Crippen molar-refractivity contribution in [2.45, 2.75) is 25.6 Å². The number of carbonyl (C=O) groups is 1. The minimum absolute atomic E-state index is 0.0138. The van der Waals surface area contributed by atoms with Crippen molar-refractivity contribution in [1.82, 2.24) is 5.32 Å². The van der Waals surface area contributed by atoms with Crippen LogP contribution in [0.1, 0.15) is 20.8 Å². The van der Waals surface area contributed by atoms with Gasteiger partial charge < -0.3 is 5.32 Å². The van der Waals surface area contributed by atoms with Gasteiger partial charge in [-0.05, 0) is 5.41 Å². The van der Waals surface area contributed by atoms with Gasteiger partial charge in [-0.3, -0.25) is 4.79 Å². The minimum atomic E-state index is -0.106. The highest BCUT2D eigenvalue weighted by atomic mass is 79.9. The van der Waals surface area contributed by atoms with Crippen molar-refractivity contribution in [2.75, 3.05) is 7.05 Å². The van der Waals surface area contributed by atoms with Crippen LogP contribution in [0.4, 0.5) is 0 Å². The molecule has 1 amide bonds. The molecule has 3 heteroatoms. The molecule has 0 heterocycles. The molecule has 0 rings (SSSR count). The van der Waals surface area contributed by atoms with Crippen molar-refractivity contribution < 1.29 is 4.79 Å². The van der Waals surface area contributed by atoms with Crippen LogP contribution in [0.15, 0.2) is 0 Å². The highest BCUT2D eigenvalue weighted by Crippen LogP contribution is 2.25. The SMILES string of the molecule is CNC(=O)C(Br)C(C)(C)C. The van der Waals surface area contributed by atoms with E-state index in [9.17, 15) is 4.79 Å². The van der Waals surface area contributed by atoms with Crippen LogP contribution in [0.2, 0.25) is 0 Å². The van der Waals surface area contributed by atoms with Crippen molar-refractivity contribution in [3.05, 3.63) is 0 Å². The van der Waals surface area contributed by atoms with Gasteiger partial charge in [0.05, 0.1) is 4.83 Å². The van der Waals surface area contributed by atoms with Gasteiger partial charge in [0.15, 0.2) is 0 Å². The molecule has 2 nitrogen and oxygen atoms in total. The van der Waals surface area contributed by atoms with E-state index in [-0.39, 0.29) is 16.1 Å². The summed E-state index contributed by atoms with van der Waals surface area (Å²) in [6.45, 7) is 6.05. The summed E-state index contributed by atoms with van der Waals surface area (Å²) < 4.78 is 0. The van der Waals surface area contributed by atoms with Gasteiger partial charge in [-0.2, -0.15) is 0 Å². The molecule has 0 spiro atoms. The van der Waals surface area contributed by atoms with Crippen LogP contribution in [0.25, 0.3) is 0 Å². The quantitative estimate of drug-likeness (QED) is 0.650. The smallest absolute Gasteiger partial charge is 0.234 e. The lowest BCUT2D eigenvalue weighted by Gasteiger charge is -2.23. The molecule has 0 radical (unpaired) electrons. The summed E-state index contributed by atoms with van der Waals surface area (Å²) in [6.07, 6.45) is 0. The van der Waals surface area contributed by atoms with Crippen molar-refractivity contribution in [3.8, 4) is 0 Å². The van der Waals surface area contributed by atoms with Crippen LogP contribution in [-0.2, 0) is 4.79 Å². The van der Waals surface area contributed by atoms with Gasteiger partial charge in [0.1, 0.15) is 0 Å². The Balaban J connectivity index is 4.08. The van der Waals surface area contributed by atoms with E-state index in [1.807, 2.05) is 20.8 Å². The van der Waals surface area contributed by atoms with Crippen LogP contribution >= 0.6 is 15.9 Å². The largest absolute Gasteiger partial charge is 0.358 e. The van der Waals surface area contributed by atoms with E-state index in [1.54, 1.807) is 7.05 Å². The summed E-state index contributed by atoms with van der Waals surface area (Å²) in [5.74, 6) is 0.0347. The highest BCUT2D eigenvalue weighted by Gasteiger charge is 2.27. The fraction of sp³-hybridized carbons (Fsp3) is 0.857. The average molecular weight is 208 g/mol. The first-order chi connectivity index (χ1) is 4.39. The third kappa shape index (κ3) is 2.69. The van der Waals surface area contributed by atoms with Crippen LogP contribution < -0.4 is 5.32 Å². The molecule has 0 aliphatic heterocycles. The maximum Gasteiger partial charge on any atom is 0.234 e. The lowest BCUT2D eigenvalue weighted by molar-refractivity contribution is -0.121. The Hall–Kier alpha value is -0.0500. The second-order valence-corrected chi connectivity index (χ2v) is 4.26. The van der Waals surface area contributed by atoms with Gasteiger partial charge in [0.25, 0.3) is 0 Å². The predicted molar refractivity (Wildman–Crippen MR) is 46.2 cm³/mol. The molecule has 0 bridgehead atoms. The second-order valence-electron chi connectivity index (χ2n) is 3.34. The zero-order valence-corrected chi connectivity index (χ0v) is 8.45. The third-order valence-corrected chi connectivity index (χ3v) is 3.03. The summed E-state index contributed by atoms with van der Waals surface area (Å²) in [5.41, 5.74) is -0.0138. The van der Waals surface area contributed by atoms with E-state index in [4.69, 9.17) is 0 Å². The molecule has 60 valence electrons. The lowest BCUT2D eigenvalue weighted by Crippen LogP contribution is -2.36. The first kappa shape index (κ1) is 9.95. The molecule has 1 N–H and O–H groups in total. The molecule has 10 heavy (non-hydrogen) atoms. The monoisotopic (exact) mass is 207 g/mol. The molecule has 0 aliphatic rings. The molecular formula is C7H14BrNO. The number of nitrogens with one attached hydrogen (secondary N) is 1. The maximum absolute atomic E-state index is 11.0. The Morgan fingerprint density at radius 1 is 1.50 bits per heavy atom. The maximum atomic E-state index is 11.0. The second kappa shape index (κ2) is 3.37. The fourth-order valence-electron chi connectivity index (χ4n) is 0.520. The molecule has 0 aromatic rings. The molecule has 0 saturated heterocycles. The highest BCUT2D eigenvalue weighted by molar-refractivity contribution is 9.10. The fourth-order valence-corrected chi connectivity index (χ4v) is 0.749. The molecule has 1 atom stereocenters. The standard InChI is InChI=1S/C7H14BrNO/c1-7(2,3)5(8)6(10)9-4/h5H,1-4H3,(H,9,10). The van der Waals surface area contributed by atoms with Gasteiger partial charge in [-0.1, -0.05) is 36.7 Å². The van der Waals surface area contributed by atoms with Gasteiger partial charge >= 0.3 is 0 Å². The Bertz CT molecular complexity index is 128. The van der Waals surface area contributed by atoms with Gasteiger partial charge in [0.2, 0.25) is 5.91 Å². The van der Waals surface area contributed by atoms with Crippen molar-refractivity contribution >= 4 is 21.8 Å². The van der Waals surface area contributed by atoms with Crippen LogP contribution in [0.3, 0.4) is 0 Å². The molecule has 1 unspecified atom stereocenters. The van der Waals surface area contributed by atoms with Crippen molar-refractivity contribution in [3.63, 3.8) is 0 Å². The molecular weight excluding hydrogens is 194 g/mol. The van der Waals surface area contributed by atoms with E-state index >= 15 is 0 Å². The van der Waals surface area contributed by atoms with Crippen molar-refractivity contribution in [1.29, 1.82) is 0 Å². The van der Waals surface area contributed by atoms with Gasteiger partial charge in [-0.25, -0.2) is 0 Å². The predicted octanol–water partition coefficient (Wildman–Crippen LogP) is 1.54. The number of hydrogen-bond acceptors (Lipinski definition) is 1. The summed E-state index contributed by atoms with van der Waals surface area (Å²) in [7, 11) is 1.64. The van der Waals surface area contributed by atoms with Gasteiger partial charge in [0, 0.05) is 7.05 Å². The number of hydrogen-bond donors (Lipinski definition) is 1. The Morgan fingerprint density at radius 2 is 1.90 bits per heavy atom. The summed E-state index contributed by atoms with van der Waals surface area (Å²) in [6, 6.07) is 0. The van der Waals surface area contributed by atoms with Gasteiger partial charge in [-0.15, -0.1) is 0 Å². The Labute approximate surface area is 70.5 Å². The average Bonchev–Trinajstić information content (AvgIpc) is 1.83. The number of carbonyl (C=O) groups excluding carboxylic acids is 1. The summed E-state index contributed by atoms with van der Waals surface area (Å²) in [4.78, 5) is 10.9. The minimum Gasteiger partial charge on any atom is -0.358 e. The molecule has 0 aromatic carbocycles. The summed E-state index contributed by atoms with van der Waals surface area (Å²) >= 11 is 3.31. The lowest BCUT2D eigenvalue weighted by atomic mass is 9.92. The number of halogens is 1.